The van der Waals surface area contributed by atoms with E-state index in [0.717, 1.165) is 31.2 Å². The fourth-order valence-electron chi connectivity index (χ4n) is 2.60. The van der Waals surface area contributed by atoms with Crippen LogP contribution in [0.5, 0.6) is 6.01 Å². The van der Waals surface area contributed by atoms with E-state index in [9.17, 15) is 0 Å². The molecule has 0 saturated carbocycles. The van der Waals surface area contributed by atoms with Gasteiger partial charge in [-0.1, -0.05) is 0 Å². The molecule has 0 aliphatic carbocycles. The lowest BCUT2D eigenvalue weighted by Gasteiger charge is -2.23. The second kappa shape index (κ2) is 6.82. The smallest absolute Gasteiger partial charge is 0.316 e. The van der Waals surface area contributed by atoms with Crippen LogP contribution < -0.4 is 4.74 Å². The van der Waals surface area contributed by atoms with Crippen LogP contribution in [-0.2, 0) is 6.54 Å². The molecule has 0 radical (unpaired) electrons. The van der Waals surface area contributed by atoms with E-state index in [0.29, 0.717) is 6.01 Å². The highest BCUT2D eigenvalue weighted by Crippen LogP contribution is 2.16. The van der Waals surface area contributed by atoms with Crippen molar-refractivity contribution in [3.05, 3.63) is 18.0 Å². The summed E-state index contributed by atoms with van der Waals surface area (Å²) in [5, 5.41) is 0. The molecule has 0 amide bonds. The number of aromatic nitrogens is 2. The molecule has 106 valence electrons. The van der Waals surface area contributed by atoms with Gasteiger partial charge in [0.2, 0.25) is 0 Å². The van der Waals surface area contributed by atoms with Crippen LogP contribution in [0.1, 0.15) is 24.8 Å². The SMILES string of the molecule is COc1ncc(CN2CCCC(N(C)C)CC2)cn1. The van der Waals surface area contributed by atoms with E-state index < -0.39 is 0 Å². The molecule has 0 N–H and O–H groups in total. The van der Waals surface area contributed by atoms with Gasteiger partial charge in [0.05, 0.1) is 7.11 Å². The third kappa shape index (κ3) is 4.14. The largest absolute Gasteiger partial charge is 0.467 e. The Hall–Kier alpha value is -1.20. The Morgan fingerprint density at radius 3 is 2.63 bits per heavy atom. The molecule has 2 rings (SSSR count). The molecule has 1 aliphatic heterocycles. The number of likely N-dealkylation sites (tertiary alicyclic amines) is 1. The summed E-state index contributed by atoms with van der Waals surface area (Å²) < 4.78 is 4.98. The predicted molar refractivity (Wildman–Crippen MR) is 75.2 cm³/mol. The van der Waals surface area contributed by atoms with Gasteiger partial charge >= 0.3 is 6.01 Å². The molecule has 1 saturated heterocycles. The minimum atomic E-state index is 0.437. The van der Waals surface area contributed by atoms with Crippen LogP contribution in [0.4, 0.5) is 0 Å². The van der Waals surface area contributed by atoms with E-state index in [2.05, 4.69) is 33.9 Å². The molecule has 1 atom stereocenters. The quantitative estimate of drug-likeness (QED) is 0.822. The van der Waals surface area contributed by atoms with Gasteiger partial charge in [-0.25, -0.2) is 9.97 Å². The predicted octanol–water partition coefficient (Wildman–Crippen LogP) is 1.40. The van der Waals surface area contributed by atoms with Crippen LogP contribution in [0.2, 0.25) is 0 Å². The molecule has 5 nitrogen and oxygen atoms in total. The molecule has 5 heteroatoms. The molecular formula is C14H24N4O. The zero-order valence-electron chi connectivity index (χ0n) is 12.2. The van der Waals surface area contributed by atoms with Gasteiger partial charge in [0.15, 0.2) is 0 Å². The van der Waals surface area contributed by atoms with Crippen molar-refractivity contribution in [2.75, 3.05) is 34.3 Å². The average molecular weight is 264 g/mol. The van der Waals surface area contributed by atoms with Crippen molar-refractivity contribution in [1.29, 1.82) is 0 Å². The minimum Gasteiger partial charge on any atom is -0.467 e. The summed E-state index contributed by atoms with van der Waals surface area (Å²) in [5.41, 5.74) is 1.16. The highest BCUT2D eigenvalue weighted by atomic mass is 16.5. The Kier molecular flexibility index (Phi) is 5.10. The molecule has 0 aromatic carbocycles. The highest BCUT2D eigenvalue weighted by molar-refractivity contribution is 5.07. The summed E-state index contributed by atoms with van der Waals surface area (Å²) in [5.74, 6) is 0. The van der Waals surface area contributed by atoms with E-state index in [1.165, 1.54) is 19.3 Å². The number of rotatable bonds is 4. The van der Waals surface area contributed by atoms with Crippen LogP contribution in [0, 0.1) is 0 Å². The third-order valence-electron chi connectivity index (χ3n) is 3.79. The first-order valence-electron chi connectivity index (χ1n) is 6.92. The van der Waals surface area contributed by atoms with Crippen molar-refractivity contribution in [2.24, 2.45) is 0 Å². The Balaban J connectivity index is 1.88. The standard InChI is InChI=1S/C14H24N4O/c1-17(2)13-5-4-7-18(8-6-13)11-12-9-15-14(19-3)16-10-12/h9-10,13H,4-8,11H2,1-3H3. The van der Waals surface area contributed by atoms with Crippen molar-refractivity contribution in [3.8, 4) is 6.01 Å². The molecule has 1 fully saturated rings. The average Bonchev–Trinajstić information content (AvgIpc) is 2.65. The summed E-state index contributed by atoms with van der Waals surface area (Å²) in [7, 11) is 5.94. The summed E-state index contributed by atoms with van der Waals surface area (Å²) >= 11 is 0. The first-order chi connectivity index (χ1) is 9.19. The first kappa shape index (κ1) is 14.2. The van der Waals surface area contributed by atoms with Crippen LogP contribution in [0.25, 0.3) is 0 Å². The molecule has 1 unspecified atom stereocenters. The lowest BCUT2D eigenvalue weighted by molar-refractivity contribution is 0.245. The first-order valence-corrected chi connectivity index (χ1v) is 6.92. The Bertz CT molecular complexity index is 380. The monoisotopic (exact) mass is 264 g/mol. The summed E-state index contributed by atoms with van der Waals surface area (Å²) in [4.78, 5) is 13.2. The van der Waals surface area contributed by atoms with Crippen molar-refractivity contribution in [3.63, 3.8) is 0 Å². The van der Waals surface area contributed by atoms with E-state index in [1.54, 1.807) is 7.11 Å². The van der Waals surface area contributed by atoms with Crippen LogP contribution in [0.3, 0.4) is 0 Å². The summed E-state index contributed by atoms with van der Waals surface area (Å²) in [6, 6.07) is 1.16. The van der Waals surface area contributed by atoms with E-state index in [1.807, 2.05) is 12.4 Å². The Morgan fingerprint density at radius 1 is 1.26 bits per heavy atom. The molecule has 1 aromatic heterocycles. The molecule has 0 bridgehead atoms. The van der Waals surface area contributed by atoms with Crippen molar-refractivity contribution in [1.82, 2.24) is 19.8 Å². The van der Waals surface area contributed by atoms with Gasteiger partial charge in [0.1, 0.15) is 0 Å². The van der Waals surface area contributed by atoms with Gasteiger partial charge < -0.3 is 9.64 Å². The van der Waals surface area contributed by atoms with Crippen LogP contribution in [-0.4, -0.2) is 60.1 Å². The molecule has 1 aromatic rings. The van der Waals surface area contributed by atoms with Gasteiger partial charge in [0.25, 0.3) is 0 Å². The van der Waals surface area contributed by atoms with Crippen molar-refractivity contribution in [2.45, 2.75) is 31.8 Å². The fourth-order valence-corrected chi connectivity index (χ4v) is 2.60. The van der Waals surface area contributed by atoms with Gasteiger partial charge in [-0.2, -0.15) is 0 Å². The number of nitrogens with zero attached hydrogens (tertiary/aromatic N) is 4. The maximum atomic E-state index is 4.98. The van der Waals surface area contributed by atoms with Crippen LogP contribution >= 0.6 is 0 Å². The lowest BCUT2D eigenvalue weighted by atomic mass is 10.1. The molecule has 19 heavy (non-hydrogen) atoms. The van der Waals surface area contributed by atoms with Gasteiger partial charge in [-0.05, 0) is 46.4 Å². The summed E-state index contributed by atoms with van der Waals surface area (Å²) in [6.45, 7) is 3.25. The zero-order chi connectivity index (χ0) is 13.7. The molecule has 0 spiro atoms. The lowest BCUT2D eigenvalue weighted by Crippen LogP contribution is -2.30. The van der Waals surface area contributed by atoms with Gasteiger partial charge in [-0.15, -0.1) is 0 Å². The zero-order valence-corrected chi connectivity index (χ0v) is 12.2. The maximum Gasteiger partial charge on any atom is 0.316 e. The third-order valence-corrected chi connectivity index (χ3v) is 3.79. The topological polar surface area (TPSA) is 41.5 Å². The minimum absolute atomic E-state index is 0.437. The number of ether oxygens (including phenoxy) is 1. The van der Waals surface area contributed by atoms with E-state index in [4.69, 9.17) is 4.74 Å². The van der Waals surface area contributed by atoms with Gasteiger partial charge in [-0.3, -0.25) is 4.90 Å². The fraction of sp³-hybridized carbons (Fsp3) is 0.714. The second-order valence-corrected chi connectivity index (χ2v) is 5.40. The second-order valence-electron chi connectivity index (χ2n) is 5.40. The Morgan fingerprint density at radius 2 is 2.00 bits per heavy atom. The normalized spacial score (nSPS) is 21.4. The van der Waals surface area contributed by atoms with Crippen LogP contribution in [0.15, 0.2) is 12.4 Å². The van der Waals surface area contributed by atoms with E-state index in [-0.39, 0.29) is 0 Å². The number of methoxy groups -OCH3 is 1. The number of hydrogen-bond acceptors (Lipinski definition) is 5. The van der Waals surface area contributed by atoms with Crippen molar-refractivity contribution >= 4 is 0 Å². The molecule has 2 heterocycles. The highest BCUT2D eigenvalue weighted by Gasteiger charge is 2.18. The summed E-state index contributed by atoms with van der Waals surface area (Å²) in [6.07, 6.45) is 7.52. The number of hydrogen-bond donors (Lipinski definition) is 0. The maximum absolute atomic E-state index is 4.98. The Labute approximate surface area is 115 Å². The van der Waals surface area contributed by atoms with E-state index >= 15 is 0 Å². The molecule has 1 aliphatic rings. The van der Waals surface area contributed by atoms with Crippen molar-refractivity contribution < 1.29 is 4.74 Å². The van der Waals surface area contributed by atoms with Gasteiger partial charge in [0, 0.05) is 30.5 Å². The molecular weight excluding hydrogens is 240 g/mol.